The Kier molecular flexibility index (Phi) is 5.16. The maximum absolute atomic E-state index is 13.0. The summed E-state index contributed by atoms with van der Waals surface area (Å²) in [6.45, 7) is 1.86. The van der Waals surface area contributed by atoms with Gasteiger partial charge < -0.3 is 9.84 Å². The lowest BCUT2D eigenvalue weighted by atomic mass is 9.93. The average Bonchev–Trinajstić information content (AvgIpc) is 3.25. The number of nitrogens with zero attached hydrogens (tertiary/aromatic N) is 3. The number of hydrogen-bond acceptors (Lipinski definition) is 6. The number of hydrogen-bond donors (Lipinski definition) is 1. The first kappa shape index (κ1) is 18.5. The van der Waals surface area contributed by atoms with Gasteiger partial charge in [-0.15, -0.1) is 11.3 Å². The van der Waals surface area contributed by atoms with Crippen molar-refractivity contribution >= 4 is 17.2 Å². The second-order valence-corrected chi connectivity index (χ2v) is 8.87. The molecule has 1 amide bonds. The molecule has 1 saturated carbocycles. The van der Waals surface area contributed by atoms with Crippen molar-refractivity contribution in [3.63, 3.8) is 0 Å². The molecule has 1 aliphatic carbocycles. The quantitative estimate of drug-likeness (QED) is 0.650. The summed E-state index contributed by atoms with van der Waals surface area (Å²) in [4.78, 5) is 21.1. The summed E-state index contributed by atoms with van der Waals surface area (Å²) < 4.78 is 5.48. The number of thiophene rings is 1. The number of aromatic nitrogens is 2. The van der Waals surface area contributed by atoms with Gasteiger partial charge in [0.25, 0.3) is 0 Å². The van der Waals surface area contributed by atoms with Crippen LogP contribution in [0, 0.1) is 0 Å². The minimum absolute atomic E-state index is 0.0676. The number of rotatable bonds is 7. The number of carbonyl (C=O) groups is 1. The van der Waals surface area contributed by atoms with Crippen LogP contribution in [0.15, 0.2) is 46.3 Å². The first-order chi connectivity index (χ1) is 14.3. The third-order valence-corrected chi connectivity index (χ3v) is 6.60. The van der Waals surface area contributed by atoms with Crippen LogP contribution in [-0.4, -0.2) is 33.5 Å². The highest BCUT2D eigenvalue weighted by Crippen LogP contribution is 2.38. The summed E-state index contributed by atoms with van der Waals surface area (Å²) in [5.41, 5.74) is 2.50. The molecule has 0 saturated heterocycles. The summed E-state index contributed by atoms with van der Waals surface area (Å²) in [5, 5.41) is 9.32. The van der Waals surface area contributed by atoms with E-state index < -0.39 is 0 Å². The molecule has 29 heavy (non-hydrogen) atoms. The van der Waals surface area contributed by atoms with Crippen LogP contribution >= 0.6 is 11.3 Å². The molecule has 6 nitrogen and oxygen atoms in total. The van der Waals surface area contributed by atoms with E-state index in [0.29, 0.717) is 37.9 Å². The number of carbonyl (C=O) groups excluding carboxylic acids is 1. The molecule has 1 aromatic carbocycles. The zero-order chi connectivity index (χ0) is 19.6. The van der Waals surface area contributed by atoms with Crippen LogP contribution in [0.1, 0.15) is 46.5 Å². The third-order valence-electron chi connectivity index (χ3n) is 5.66. The second kappa shape index (κ2) is 8.08. The SMILES string of the molecule is O=C(NCCc1cccs1)C1Cc2ccccc2CN1Cc1nc(C2CC2)no1. The fourth-order valence-electron chi connectivity index (χ4n) is 3.90. The van der Waals surface area contributed by atoms with Gasteiger partial charge in [-0.25, -0.2) is 0 Å². The topological polar surface area (TPSA) is 71.3 Å². The maximum atomic E-state index is 13.0. The molecule has 1 aliphatic heterocycles. The molecule has 2 aromatic heterocycles. The normalized spacial score (nSPS) is 19.1. The molecule has 1 N–H and O–H groups in total. The lowest BCUT2D eigenvalue weighted by molar-refractivity contribution is -0.127. The summed E-state index contributed by atoms with van der Waals surface area (Å²) in [7, 11) is 0. The molecular weight excluding hydrogens is 384 g/mol. The van der Waals surface area contributed by atoms with E-state index in [9.17, 15) is 4.79 Å². The molecule has 3 heterocycles. The van der Waals surface area contributed by atoms with Gasteiger partial charge in [0, 0.05) is 23.9 Å². The van der Waals surface area contributed by atoms with Gasteiger partial charge in [0.1, 0.15) is 0 Å². The van der Waals surface area contributed by atoms with E-state index in [1.54, 1.807) is 11.3 Å². The standard InChI is InChI=1S/C22H24N4O2S/c27-22(23-10-9-18-6-3-11-29-18)19-12-16-4-1-2-5-17(16)13-26(19)14-20-24-21(25-28-20)15-7-8-15/h1-6,11,15,19H,7-10,12-14H2,(H,23,27). The predicted molar refractivity (Wildman–Crippen MR) is 110 cm³/mol. The number of fused-ring (bicyclic) bond motifs is 1. The molecule has 150 valence electrons. The van der Waals surface area contributed by atoms with E-state index in [4.69, 9.17) is 4.52 Å². The third kappa shape index (κ3) is 4.26. The smallest absolute Gasteiger partial charge is 0.240 e. The Balaban J connectivity index is 1.29. The van der Waals surface area contributed by atoms with Crippen molar-refractivity contribution in [1.82, 2.24) is 20.4 Å². The fourth-order valence-corrected chi connectivity index (χ4v) is 4.61. The lowest BCUT2D eigenvalue weighted by Crippen LogP contribution is -2.50. The first-order valence-electron chi connectivity index (χ1n) is 10.2. The molecule has 2 aliphatic rings. The van der Waals surface area contributed by atoms with Crippen molar-refractivity contribution in [3.8, 4) is 0 Å². The number of amides is 1. The van der Waals surface area contributed by atoms with Gasteiger partial charge in [-0.2, -0.15) is 4.98 Å². The summed E-state index contributed by atoms with van der Waals surface area (Å²) in [6.07, 6.45) is 3.85. The van der Waals surface area contributed by atoms with Gasteiger partial charge in [0.05, 0.1) is 12.6 Å². The van der Waals surface area contributed by atoms with Crippen molar-refractivity contribution < 1.29 is 9.32 Å². The van der Waals surface area contributed by atoms with E-state index in [0.717, 1.165) is 25.1 Å². The summed E-state index contributed by atoms with van der Waals surface area (Å²) in [6, 6.07) is 12.3. The highest BCUT2D eigenvalue weighted by atomic mass is 32.1. The molecule has 0 bridgehead atoms. The van der Waals surface area contributed by atoms with Crippen LogP contribution in [0.25, 0.3) is 0 Å². The molecule has 1 unspecified atom stereocenters. The van der Waals surface area contributed by atoms with Crippen LogP contribution < -0.4 is 5.32 Å². The minimum Gasteiger partial charge on any atom is -0.354 e. The van der Waals surface area contributed by atoms with E-state index in [1.165, 1.54) is 16.0 Å². The van der Waals surface area contributed by atoms with Crippen molar-refractivity contribution in [2.75, 3.05) is 6.54 Å². The van der Waals surface area contributed by atoms with Crippen molar-refractivity contribution in [2.45, 2.75) is 50.7 Å². The number of benzene rings is 1. The van der Waals surface area contributed by atoms with Crippen LogP contribution in [0.4, 0.5) is 0 Å². The summed E-state index contributed by atoms with van der Waals surface area (Å²) in [5.74, 6) is 1.95. The molecule has 0 spiro atoms. The Hall–Kier alpha value is -2.51. The van der Waals surface area contributed by atoms with Gasteiger partial charge >= 0.3 is 0 Å². The van der Waals surface area contributed by atoms with Crippen LogP contribution in [-0.2, 0) is 30.7 Å². The van der Waals surface area contributed by atoms with E-state index in [2.05, 4.69) is 50.0 Å². The monoisotopic (exact) mass is 408 g/mol. The first-order valence-corrected chi connectivity index (χ1v) is 11.1. The Morgan fingerprint density at radius 2 is 2.07 bits per heavy atom. The largest absolute Gasteiger partial charge is 0.354 e. The predicted octanol–water partition coefficient (Wildman–Crippen LogP) is 3.29. The average molecular weight is 409 g/mol. The van der Waals surface area contributed by atoms with Crippen molar-refractivity contribution in [3.05, 3.63) is 69.5 Å². The van der Waals surface area contributed by atoms with Gasteiger partial charge in [-0.1, -0.05) is 35.5 Å². The van der Waals surface area contributed by atoms with Crippen LogP contribution in [0.5, 0.6) is 0 Å². The molecule has 3 aromatic rings. The van der Waals surface area contributed by atoms with Crippen LogP contribution in [0.3, 0.4) is 0 Å². The van der Waals surface area contributed by atoms with Crippen molar-refractivity contribution in [1.29, 1.82) is 0 Å². The Labute approximate surface area is 173 Å². The highest BCUT2D eigenvalue weighted by Gasteiger charge is 2.33. The minimum atomic E-state index is -0.232. The molecule has 1 atom stereocenters. The summed E-state index contributed by atoms with van der Waals surface area (Å²) >= 11 is 1.72. The zero-order valence-electron chi connectivity index (χ0n) is 16.2. The molecular formula is C22H24N4O2S. The fraction of sp³-hybridized carbons (Fsp3) is 0.409. The van der Waals surface area contributed by atoms with E-state index in [1.807, 2.05) is 12.1 Å². The van der Waals surface area contributed by atoms with E-state index in [-0.39, 0.29) is 11.9 Å². The molecule has 7 heteroatoms. The Bertz CT molecular complexity index is 980. The molecule has 5 rings (SSSR count). The number of nitrogens with one attached hydrogen (secondary N) is 1. The Morgan fingerprint density at radius 3 is 2.86 bits per heavy atom. The highest BCUT2D eigenvalue weighted by molar-refractivity contribution is 7.09. The van der Waals surface area contributed by atoms with E-state index >= 15 is 0 Å². The van der Waals surface area contributed by atoms with Gasteiger partial charge in [0.2, 0.25) is 11.8 Å². The van der Waals surface area contributed by atoms with Crippen LogP contribution in [0.2, 0.25) is 0 Å². The van der Waals surface area contributed by atoms with Gasteiger partial charge in [0.15, 0.2) is 5.82 Å². The van der Waals surface area contributed by atoms with Crippen molar-refractivity contribution in [2.24, 2.45) is 0 Å². The Morgan fingerprint density at radius 1 is 1.21 bits per heavy atom. The second-order valence-electron chi connectivity index (χ2n) is 7.83. The zero-order valence-corrected chi connectivity index (χ0v) is 17.0. The van der Waals surface area contributed by atoms with Gasteiger partial charge in [-0.3, -0.25) is 9.69 Å². The molecule has 1 fully saturated rings. The lowest BCUT2D eigenvalue weighted by Gasteiger charge is -2.35. The maximum Gasteiger partial charge on any atom is 0.240 e. The van der Waals surface area contributed by atoms with Gasteiger partial charge in [-0.05, 0) is 48.3 Å². The molecule has 0 radical (unpaired) electrons.